The molecule has 0 fully saturated rings. The fourth-order valence-electron chi connectivity index (χ4n) is 1.30. The molecule has 0 saturated carbocycles. The Balaban J connectivity index is 0.000000461. The molecule has 0 atom stereocenters. The zero-order chi connectivity index (χ0) is 10.7. The van der Waals surface area contributed by atoms with E-state index in [-0.39, 0.29) is 5.75 Å². The molecule has 0 saturated heterocycles. The van der Waals surface area contributed by atoms with Gasteiger partial charge in [-0.15, -0.1) is 0 Å². The summed E-state index contributed by atoms with van der Waals surface area (Å²) in [5.74, 6) is -0.846. The monoisotopic (exact) mass is 195 g/mol. The van der Waals surface area contributed by atoms with Gasteiger partial charge in [-0.3, -0.25) is 0 Å². The highest BCUT2D eigenvalue weighted by atomic mass is 19.1. The maximum Gasteiger partial charge on any atom is 0.174 e. The molecule has 1 heterocycles. The van der Waals surface area contributed by atoms with Gasteiger partial charge in [0.2, 0.25) is 0 Å². The van der Waals surface area contributed by atoms with Gasteiger partial charge in [0, 0.05) is 18.6 Å². The minimum absolute atomic E-state index is 0.297. The number of phenols is 1. The summed E-state index contributed by atoms with van der Waals surface area (Å²) in [5, 5.41) is 9.50. The van der Waals surface area contributed by atoms with Gasteiger partial charge in [-0.25, -0.2) is 4.39 Å². The van der Waals surface area contributed by atoms with Crippen LogP contribution in [0, 0.1) is 5.82 Å². The van der Waals surface area contributed by atoms with Crippen LogP contribution in [0.4, 0.5) is 4.39 Å². The standard InChI is InChI=1S/C9H8FNO.C2H6/c1-11-5-4-6-7(11)2-3-8(12)9(6)10;1-2/h2-5,12H,1H3;1-2H3. The van der Waals surface area contributed by atoms with E-state index in [0.717, 1.165) is 5.52 Å². The Bertz CT molecular complexity index is 434. The molecule has 2 nitrogen and oxygen atoms in total. The van der Waals surface area contributed by atoms with Gasteiger partial charge < -0.3 is 9.67 Å². The van der Waals surface area contributed by atoms with Crippen molar-refractivity contribution in [3.63, 3.8) is 0 Å². The molecule has 0 amide bonds. The molecule has 1 aromatic carbocycles. The second-order valence-corrected chi connectivity index (χ2v) is 2.76. The Hall–Kier alpha value is -1.51. The first kappa shape index (κ1) is 10.6. The topological polar surface area (TPSA) is 25.2 Å². The van der Waals surface area contributed by atoms with Crippen molar-refractivity contribution in [2.45, 2.75) is 13.8 Å². The lowest BCUT2D eigenvalue weighted by Crippen LogP contribution is -1.84. The van der Waals surface area contributed by atoms with Crippen LogP contribution in [0.5, 0.6) is 5.75 Å². The fraction of sp³-hybridized carbons (Fsp3) is 0.273. The van der Waals surface area contributed by atoms with E-state index in [9.17, 15) is 4.39 Å². The summed E-state index contributed by atoms with van der Waals surface area (Å²) in [5.41, 5.74) is 0.783. The Morgan fingerprint density at radius 3 is 2.50 bits per heavy atom. The molecule has 2 aromatic rings. The number of rotatable bonds is 0. The highest BCUT2D eigenvalue weighted by molar-refractivity contribution is 5.82. The van der Waals surface area contributed by atoms with Gasteiger partial charge in [0.05, 0.1) is 5.52 Å². The number of aromatic nitrogens is 1. The second kappa shape index (κ2) is 4.13. The number of aromatic hydroxyl groups is 1. The maximum atomic E-state index is 13.1. The number of phenolic OH excluding ortho intramolecular Hbond substituents is 1. The van der Waals surface area contributed by atoms with Gasteiger partial charge in [0.1, 0.15) is 0 Å². The molecule has 2 rings (SSSR count). The smallest absolute Gasteiger partial charge is 0.174 e. The molecule has 1 N–H and O–H groups in total. The van der Waals surface area contributed by atoms with E-state index in [1.807, 2.05) is 20.9 Å². The summed E-state index contributed by atoms with van der Waals surface area (Å²) >= 11 is 0. The first-order chi connectivity index (χ1) is 6.70. The second-order valence-electron chi connectivity index (χ2n) is 2.76. The van der Waals surface area contributed by atoms with Gasteiger partial charge >= 0.3 is 0 Å². The summed E-state index contributed by atoms with van der Waals surface area (Å²) in [4.78, 5) is 0. The number of halogens is 1. The molecule has 14 heavy (non-hydrogen) atoms. The third kappa shape index (κ3) is 1.58. The molecule has 0 radical (unpaired) electrons. The fourth-order valence-corrected chi connectivity index (χ4v) is 1.30. The molecule has 0 aliphatic heterocycles. The van der Waals surface area contributed by atoms with Crippen molar-refractivity contribution in [3.8, 4) is 5.75 Å². The molecule has 0 aliphatic rings. The largest absolute Gasteiger partial charge is 0.505 e. The number of nitrogens with zero attached hydrogens (tertiary/aromatic N) is 1. The average Bonchev–Trinajstić information content (AvgIpc) is 2.58. The third-order valence-electron chi connectivity index (χ3n) is 1.98. The van der Waals surface area contributed by atoms with Crippen LogP contribution in [-0.4, -0.2) is 9.67 Å². The third-order valence-corrected chi connectivity index (χ3v) is 1.98. The van der Waals surface area contributed by atoms with Crippen LogP contribution in [0.3, 0.4) is 0 Å². The van der Waals surface area contributed by atoms with Crippen LogP contribution in [0.1, 0.15) is 13.8 Å². The molecule has 76 valence electrons. The van der Waals surface area contributed by atoms with Crippen LogP contribution in [0.15, 0.2) is 24.4 Å². The van der Waals surface area contributed by atoms with Crippen LogP contribution in [0.25, 0.3) is 10.9 Å². The first-order valence-corrected chi connectivity index (χ1v) is 4.62. The minimum atomic E-state index is -0.548. The van der Waals surface area contributed by atoms with Gasteiger partial charge in [0.15, 0.2) is 11.6 Å². The summed E-state index contributed by atoms with van der Waals surface area (Å²) < 4.78 is 15.0. The maximum absolute atomic E-state index is 13.1. The van der Waals surface area contributed by atoms with E-state index < -0.39 is 5.82 Å². The van der Waals surface area contributed by atoms with Crippen molar-refractivity contribution in [1.82, 2.24) is 4.57 Å². The van der Waals surface area contributed by atoms with Crippen molar-refractivity contribution in [3.05, 3.63) is 30.2 Å². The highest BCUT2D eigenvalue weighted by Crippen LogP contribution is 2.25. The van der Waals surface area contributed by atoms with Gasteiger partial charge in [-0.1, -0.05) is 13.8 Å². The van der Waals surface area contributed by atoms with Crippen molar-refractivity contribution in [2.75, 3.05) is 0 Å². The van der Waals surface area contributed by atoms with Gasteiger partial charge in [-0.2, -0.15) is 0 Å². The molecule has 0 aliphatic carbocycles. The van der Waals surface area contributed by atoms with E-state index >= 15 is 0 Å². The lowest BCUT2D eigenvalue weighted by atomic mass is 10.2. The van der Waals surface area contributed by atoms with E-state index in [1.165, 1.54) is 6.07 Å². The van der Waals surface area contributed by atoms with Gasteiger partial charge in [-0.05, 0) is 18.2 Å². The Labute approximate surface area is 82.6 Å². The molecule has 0 spiro atoms. The van der Waals surface area contributed by atoms with Crippen molar-refractivity contribution in [2.24, 2.45) is 7.05 Å². The number of benzene rings is 1. The lowest BCUT2D eigenvalue weighted by Gasteiger charge is -1.98. The van der Waals surface area contributed by atoms with E-state index in [2.05, 4.69) is 0 Å². The molecular formula is C11H14FNO. The predicted octanol–water partition coefficient (Wildman–Crippen LogP) is 3.05. The average molecular weight is 195 g/mol. The summed E-state index contributed by atoms with van der Waals surface area (Å²) in [6, 6.07) is 4.69. The SMILES string of the molecule is CC.Cn1ccc2c(F)c(O)ccc21. The van der Waals surface area contributed by atoms with Crippen molar-refractivity contribution < 1.29 is 9.50 Å². The quantitative estimate of drug-likeness (QED) is 0.686. The molecule has 0 bridgehead atoms. The first-order valence-electron chi connectivity index (χ1n) is 4.62. The molecule has 3 heteroatoms. The normalized spacial score (nSPS) is 9.71. The number of aryl methyl sites for hydroxylation is 1. The lowest BCUT2D eigenvalue weighted by molar-refractivity contribution is 0.436. The predicted molar refractivity (Wildman–Crippen MR) is 55.9 cm³/mol. The molecule has 0 unspecified atom stereocenters. The number of fused-ring (bicyclic) bond motifs is 1. The van der Waals surface area contributed by atoms with Crippen molar-refractivity contribution >= 4 is 10.9 Å². The zero-order valence-electron chi connectivity index (χ0n) is 8.58. The number of hydrogen-bond donors (Lipinski definition) is 1. The van der Waals surface area contributed by atoms with Crippen LogP contribution >= 0.6 is 0 Å². The highest BCUT2D eigenvalue weighted by Gasteiger charge is 2.07. The van der Waals surface area contributed by atoms with Crippen LogP contribution in [0.2, 0.25) is 0 Å². The van der Waals surface area contributed by atoms with Gasteiger partial charge in [0.25, 0.3) is 0 Å². The summed E-state index contributed by atoms with van der Waals surface area (Å²) in [6.45, 7) is 4.00. The minimum Gasteiger partial charge on any atom is -0.505 e. The number of hydrogen-bond acceptors (Lipinski definition) is 1. The zero-order valence-corrected chi connectivity index (χ0v) is 8.58. The van der Waals surface area contributed by atoms with E-state index in [0.29, 0.717) is 5.39 Å². The summed E-state index contributed by atoms with van der Waals surface area (Å²) in [6.07, 6.45) is 1.76. The van der Waals surface area contributed by atoms with E-state index in [4.69, 9.17) is 5.11 Å². The van der Waals surface area contributed by atoms with E-state index in [1.54, 1.807) is 22.9 Å². The molecule has 1 aromatic heterocycles. The van der Waals surface area contributed by atoms with Crippen molar-refractivity contribution in [1.29, 1.82) is 0 Å². The Morgan fingerprint density at radius 1 is 1.21 bits per heavy atom. The Morgan fingerprint density at radius 2 is 1.86 bits per heavy atom. The van der Waals surface area contributed by atoms with Crippen LogP contribution in [-0.2, 0) is 7.05 Å². The summed E-state index contributed by atoms with van der Waals surface area (Å²) in [7, 11) is 1.83. The molecular weight excluding hydrogens is 181 g/mol. The Kier molecular flexibility index (Phi) is 3.12. The van der Waals surface area contributed by atoms with Crippen LogP contribution < -0.4 is 0 Å².